The van der Waals surface area contributed by atoms with Gasteiger partial charge in [-0.3, -0.25) is 4.57 Å². The van der Waals surface area contributed by atoms with Crippen molar-refractivity contribution in [2.75, 3.05) is 39.0 Å². The zero-order valence-electron chi connectivity index (χ0n) is 11.8. The predicted molar refractivity (Wildman–Crippen MR) is 76.1 cm³/mol. The molecule has 0 aromatic rings. The molecule has 5 nitrogen and oxygen atoms in total. The molecule has 6 heteroatoms. The summed E-state index contributed by atoms with van der Waals surface area (Å²) in [6.45, 7) is 7.10. The van der Waals surface area contributed by atoms with Gasteiger partial charge in [-0.15, -0.1) is 0 Å². The van der Waals surface area contributed by atoms with Crippen LogP contribution >= 0.6 is 7.60 Å². The van der Waals surface area contributed by atoms with Crippen molar-refractivity contribution in [1.82, 2.24) is 5.32 Å². The highest BCUT2D eigenvalue weighted by Gasteiger charge is 2.23. The lowest BCUT2D eigenvalue weighted by Crippen LogP contribution is -2.25. The lowest BCUT2D eigenvalue weighted by Gasteiger charge is -2.18. The van der Waals surface area contributed by atoms with Crippen molar-refractivity contribution in [1.29, 1.82) is 0 Å². The van der Waals surface area contributed by atoms with Gasteiger partial charge < -0.3 is 20.1 Å². The van der Waals surface area contributed by atoms with Gasteiger partial charge in [0.1, 0.15) is 0 Å². The second-order valence-electron chi connectivity index (χ2n) is 4.25. The molecule has 0 amide bonds. The summed E-state index contributed by atoms with van der Waals surface area (Å²) in [7, 11) is -2.92. The van der Waals surface area contributed by atoms with Crippen molar-refractivity contribution in [3.05, 3.63) is 0 Å². The fourth-order valence-electron chi connectivity index (χ4n) is 1.31. The Kier molecular flexibility index (Phi) is 12.2. The molecule has 0 saturated heterocycles. The first-order valence-corrected chi connectivity index (χ1v) is 8.70. The lowest BCUT2D eigenvalue weighted by atomic mass is 10.4. The molecule has 0 heterocycles. The minimum atomic E-state index is -2.92. The van der Waals surface area contributed by atoms with Gasteiger partial charge in [0.05, 0.1) is 19.4 Å². The van der Waals surface area contributed by atoms with Crippen LogP contribution in [0.3, 0.4) is 0 Å². The summed E-state index contributed by atoms with van der Waals surface area (Å²) in [4.78, 5) is 0. The Morgan fingerprint density at radius 2 is 1.61 bits per heavy atom. The van der Waals surface area contributed by atoms with Gasteiger partial charge in [0, 0.05) is 19.6 Å². The van der Waals surface area contributed by atoms with Crippen LogP contribution in [-0.4, -0.2) is 39.0 Å². The van der Waals surface area contributed by atoms with Crippen LogP contribution in [0.4, 0.5) is 0 Å². The van der Waals surface area contributed by atoms with Crippen LogP contribution in [0.2, 0.25) is 0 Å². The summed E-state index contributed by atoms with van der Waals surface area (Å²) >= 11 is 0. The van der Waals surface area contributed by atoms with Crippen LogP contribution in [0.15, 0.2) is 0 Å². The zero-order valence-corrected chi connectivity index (χ0v) is 12.7. The molecule has 0 bridgehead atoms. The minimum absolute atomic E-state index is 0.417. The predicted octanol–water partition coefficient (Wildman–Crippen LogP) is 2.36. The van der Waals surface area contributed by atoms with Gasteiger partial charge in [0.15, 0.2) is 0 Å². The number of unbranched alkanes of at least 4 members (excludes halogenated alkanes) is 2. The van der Waals surface area contributed by atoms with Crippen molar-refractivity contribution in [3.63, 3.8) is 0 Å². The van der Waals surface area contributed by atoms with Crippen LogP contribution in [0.25, 0.3) is 0 Å². The van der Waals surface area contributed by atoms with Crippen LogP contribution in [0.1, 0.15) is 39.5 Å². The smallest absolute Gasteiger partial charge is 0.329 e. The Labute approximate surface area is 111 Å². The third-order valence-electron chi connectivity index (χ3n) is 2.46. The van der Waals surface area contributed by atoms with E-state index in [1.165, 1.54) is 0 Å². The zero-order chi connectivity index (χ0) is 13.7. The Balaban J connectivity index is 3.99. The third kappa shape index (κ3) is 10.0. The van der Waals surface area contributed by atoms with Gasteiger partial charge >= 0.3 is 7.60 Å². The molecule has 110 valence electrons. The monoisotopic (exact) mass is 280 g/mol. The highest BCUT2D eigenvalue weighted by Crippen LogP contribution is 2.47. The van der Waals surface area contributed by atoms with E-state index in [1.54, 1.807) is 0 Å². The van der Waals surface area contributed by atoms with Crippen molar-refractivity contribution in [2.45, 2.75) is 39.5 Å². The average Bonchev–Trinajstić information content (AvgIpc) is 2.36. The van der Waals surface area contributed by atoms with Crippen molar-refractivity contribution in [3.8, 4) is 0 Å². The molecule has 0 aromatic heterocycles. The lowest BCUT2D eigenvalue weighted by molar-refractivity contribution is 0.200. The fourth-order valence-corrected chi connectivity index (χ4v) is 2.88. The van der Waals surface area contributed by atoms with Gasteiger partial charge in [0.2, 0.25) is 0 Å². The molecule has 0 aromatic carbocycles. The summed E-state index contributed by atoms with van der Waals surface area (Å²) in [5.41, 5.74) is 5.38. The maximum atomic E-state index is 12.4. The topological polar surface area (TPSA) is 73.6 Å². The summed E-state index contributed by atoms with van der Waals surface area (Å²) in [6.07, 6.45) is 4.30. The summed E-state index contributed by atoms with van der Waals surface area (Å²) in [5, 5.41) is 3.11. The maximum absolute atomic E-state index is 12.4. The van der Waals surface area contributed by atoms with Crippen LogP contribution in [0.5, 0.6) is 0 Å². The molecule has 0 atom stereocenters. The van der Waals surface area contributed by atoms with E-state index in [1.807, 2.05) is 0 Å². The van der Waals surface area contributed by atoms with E-state index in [4.69, 9.17) is 14.8 Å². The summed E-state index contributed by atoms with van der Waals surface area (Å²) in [6, 6.07) is 0. The Hall–Kier alpha value is 0.0700. The molecule has 18 heavy (non-hydrogen) atoms. The standard InChI is InChI=1S/C12H29N2O3P/c1-3-5-10-16-18(15,17-11-6-4-2)12-9-14-8-7-13/h14H,3-13H2,1-2H3. The highest BCUT2D eigenvalue weighted by molar-refractivity contribution is 7.53. The first-order valence-electron chi connectivity index (χ1n) is 6.97. The van der Waals surface area contributed by atoms with Gasteiger partial charge in [-0.25, -0.2) is 0 Å². The van der Waals surface area contributed by atoms with Gasteiger partial charge in [-0.2, -0.15) is 0 Å². The molecule has 0 aliphatic heterocycles. The number of hydrogen-bond acceptors (Lipinski definition) is 5. The van der Waals surface area contributed by atoms with Gasteiger partial charge in [-0.05, 0) is 12.8 Å². The molecular weight excluding hydrogens is 251 g/mol. The Morgan fingerprint density at radius 3 is 2.06 bits per heavy atom. The van der Waals surface area contributed by atoms with Crippen molar-refractivity contribution in [2.24, 2.45) is 5.73 Å². The minimum Gasteiger partial charge on any atom is -0.329 e. The van der Waals surface area contributed by atoms with Crippen LogP contribution < -0.4 is 11.1 Å². The molecule has 0 aliphatic carbocycles. The molecule has 0 saturated carbocycles. The molecule has 0 radical (unpaired) electrons. The number of rotatable bonds is 13. The summed E-state index contributed by atoms with van der Waals surface area (Å²) < 4.78 is 23.3. The molecule has 0 aliphatic rings. The second kappa shape index (κ2) is 12.1. The quantitative estimate of drug-likeness (QED) is 0.400. The van der Waals surface area contributed by atoms with Crippen molar-refractivity contribution < 1.29 is 13.6 Å². The molecule has 3 N–H and O–H groups in total. The van der Waals surface area contributed by atoms with E-state index in [0.717, 1.165) is 32.2 Å². The maximum Gasteiger partial charge on any atom is 0.331 e. The van der Waals surface area contributed by atoms with Crippen LogP contribution in [-0.2, 0) is 13.6 Å². The fraction of sp³-hybridized carbons (Fsp3) is 1.00. The van der Waals surface area contributed by atoms with E-state index in [-0.39, 0.29) is 0 Å². The van der Waals surface area contributed by atoms with E-state index in [0.29, 0.717) is 32.5 Å². The first kappa shape index (κ1) is 18.1. The Bertz CT molecular complexity index is 213. The molecule has 0 fully saturated rings. The van der Waals surface area contributed by atoms with Crippen molar-refractivity contribution >= 4 is 7.60 Å². The van der Waals surface area contributed by atoms with E-state index in [2.05, 4.69) is 19.2 Å². The van der Waals surface area contributed by atoms with E-state index in [9.17, 15) is 4.57 Å². The molecule has 0 rings (SSSR count). The normalized spacial score (nSPS) is 11.9. The average molecular weight is 280 g/mol. The third-order valence-corrected chi connectivity index (χ3v) is 4.38. The van der Waals surface area contributed by atoms with Gasteiger partial charge in [-0.1, -0.05) is 26.7 Å². The first-order chi connectivity index (χ1) is 8.68. The highest BCUT2D eigenvalue weighted by atomic mass is 31.2. The molecule has 0 spiro atoms. The van der Waals surface area contributed by atoms with Gasteiger partial charge in [0.25, 0.3) is 0 Å². The molecule has 0 unspecified atom stereocenters. The molecular formula is C12H29N2O3P. The number of nitrogens with two attached hydrogens (primary N) is 1. The summed E-state index contributed by atoms with van der Waals surface area (Å²) in [5.74, 6) is 0. The SMILES string of the molecule is CCCCOP(=O)(CCNCCN)OCCCC. The largest absolute Gasteiger partial charge is 0.331 e. The number of nitrogens with one attached hydrogen (secondary N) is 1. The Morgan fingerprint density at radius 1 is 1.06 bits per heavy atom. The van der Waals surface area contributed by atoms with E-state index >= 15 is 0 Å². The van der Waals surface area contributed by atoms with Crippen LogP contribution in [0, 0.1) is 0 Å². The van der Waals surface area contributed by atoms with E-state index < -0.39 is 7.60 Å². The number of hydrogen-bond donors (Lipinski definition) is 2. The second-order valence-corrected chi connectivity index (χ2v) is 6.43.